The second-order valence-electron chi connectivity index (χ2n) is 3.69. The normalized spacial score (nSPS) is 12.4. The Morgan fingerprint density at radius 1 is 1.69 bits per heavy atom. The Hall–Kier alpha value is -1.33. The molecule has 16 heavy (non-hydrogen) atoms. The van der Waals surface area contributed by atoms with Gasteiger partial charge in [0, 0.05) is 25.3 Å². The van der Waals surface area contributed by atoms with Crippen molar-refractivity contribution < 1.29 is 13.9 Å². The molecule has 0 fully saturated rings. The maximum Gasteiger partial charge on any atom is 0.287 e. The number of hydrogen-bond donors (Lipinski definition) is 2. The topological polar surface area (TPSA) is 77.5 Å². The van der Waals surface area contributed by atoms with Crippen molar-refractivity contribution in [3.63, 3.8) is 0 Å². The standard InChI is InChI=1S/C11H18N2O3/c1-8-4-6-16-10(8)11(14)13-5-3-9(12)7-15-2/h4,6,9H,3,5,7,12H2,1-2H3,(H,13,14). The zero-order valence-electron chi connectivity index (χ0n) is 9.66. The van der Waals surface area contributed by atoms with Gasteiger partial charge in [0.15, 0.2) is 5.76 Å². The maximum atomic E-state index is 11.6. The highest BCUT2D eigenvalue weighted by molar-refractivity contribution is 5.92. The largest absolute Gasteiger partial charge is 0.459 e. The molecule has 0 aliphatic rings. The van der Waals surface area contributed by atoms with Crippen LogP contribution in [0.2, 0.25) is 0 Å². The summed E-state index contributed by atoms with van der Waals surface area (Å²) in [6, 6.07) is 1.70. The molecule has 1 aromatic heterocycles. The van der Waals surface area contributed by atoms with Crippen molar-refractivity contribution >= 4 is 5.91 Å². The summed E-state index contributed by atoms with van der Waals surface area (Å²) in [7, 11) is 1.60. The second kappa shape index (κ2) is 6.30. The number of carbonyl (C=O) groups excluding carboxylic acids is 1. The second-order valence-corrected chi connectivity index (χ2v) is 3.69. The Morgan fingerprint density at radius 3 is 3.00 bits per heavy atom. The minimum Gasteiger partial charge on any atom is -0.459 e. The summed E-state index contributed by atoms with van der Waals surface area (Å²) in [5, 5.41) is 2.75. The van der Waals surface area contributed by atoms with Crippen LogP contribution >= 0.6 is 0 Å². The summed E-state index contributed by atoms with van der Waals surface area (Å²) < 4.78 is 9.96. The van der Waals surface area contributed by atoms with Gasteiger partial charge in [-0.1, -0.05) is 0 Å². The molecule has 90 valence electrons. The highest BCUT2D eigenvalue weighted by Gasteiger charge is 2.12. The molecule has 0 saturated heterocycles. The Bertz CT molecular complexity index is 336. The quantitative estimate of drug-likeness (QED) is 0.747. The van der Waals surface area contributed by atoms with E-state index in [-0.39, 0.29) is 11.9 Å². The Labute approximate surface area is 94.9 Å². The number of carbonyl (C=O) groups is 1. The van der Waals surface area contributed by atoms with Crippen LogP contribution in [-0.4, -0.2) is 32.2 Å². The number of furan rings is 1. The molecule has 3 N–H and O–H groups in total. The monoisotopic (exact) mass is 226 g/mol. The van der Waals surface area contributed by atoms with E-state index in [0.29, 0.717) is 25.3 Å². The molecule has 1 heterocycles. The van der Waals surface area contributed by atoms with Crippen LogP contribution in [0.4, 0.5) is 0 Å². The third-order valence-electron chi connectivity index (χ3n) is 2.25. The molecule has 0 bridgehead atoms. The zero-order valence-corrected chi connectivity index (χ0v) is 9.66. The van der Waals surface area contributed by atoms with Crippen LogP contribution in [0.3, 0.4) is 0 Å². The SMILES string of the molecule is COCC(N)CCNC(=O)c1occc1C. The molecular formula is C11H18N2O3. The Balaban J connectivity index is 2.29. The van der Waals surface area contributed by atoms with Crippen molar-refractivity contribution in [1.29, 1.82) is 0 Å². The highest BCUT2D eigenvalue weighted by atomic mass is 16.5. The summed E-state index contributed by atoms with van der Waals surface area (Å²) in [4.78, 5) is 11.6. The predicted octanol–water partition coefficient (Wildman–Crippen LogP) is 0.682. The van der Waals surface area contributed by atoms with Gasteiger partial charge in [-0.2, -0.15) is 0 Å². The van der Waals surface area contributed by atoms with E-state index in [0.717, 1.165) is 5.56 Å². The molecule has 0 saturated carbocycles. The number of ether oxygens (including phenoxy) is 1. The lowest BCUT2D eigenvalue weighted by molar-refractivity contribution is 0.0921. The lowest BCUT2D eigenvalue weighted by Gasteiger charge is -2.10. The fourth-order valence-electron chi connectivity index (χ4n) is 1.35. The van der Waals surface area contributed by atoms with Gasteiger partial charge in [-0.25, -0.2) is 0 Å². The molecule has 1 unspecified atom stereocenters. The average Bonchev–Trinajstić information content (AvgIpc) is 2.64. The molecule has 0 spiro atoms. The van der Waals surface area contributed by atoms with E-state index in [1.54, 1.807) is 13.2 Å². The maximum absolute atomic E-state index is 11.6. The van der Waals surface area contributed by atoms with Crippen molar-refractivity contribution in [2.24, 2.45) is 5.73 Å². The van der Waals surface area contributed by atoms with Crippen LogP contribution in [0.15, 0.2) is 16.7 Å². The Morgan fingerprint density at radius 2 is 2.44 bits per heavy atom. The third kappa shape index (κ3) is 3.67. The first kappa shape index (κ1) is 12.7. The average molecular weight is 226 g/mol. The first-order chi connectivity index (χ1) is 7.65. The van der Waals surface area contributed by atoms with Crippen molar-refractivity contribution in [1.82, 2.24) is 5.32 Å². The fraction of sp³-hybridized carbons (Fsp3) is 0.545. The molecule has 1 atom stereocenters. The van der Waals surface area contributed by atoms with Crippen LogP contribution in [-0.2, 0) is 4.74 Å². The van der Waals surface area contributed by atoms with E-state index >= 15 is 0 Å². The van der Waals surface area contributed by atoms with E-state index in [9.17, 15) is 4.79 Å². The van der Waals surface area contributed by atoms with E-state index < -0.39 is 0 Å². The molecule has 1 rings (SSSR count). The van der Waals surface area contributed by atoms with E-state index in [2.05, 4.69) is 5.32 Å². The van der Waals surface area contributed by atoms with Gasteiger partial charge in [-0.05, 0) is 19.4 Å². The van der Waals surface area contributed by atoms with Crippen LogP contribution < -0.4 is 11.1 Å². The van der Waals surface area contributed by atoms with Gasteiger partial charge >= 0.3 is 0 Å². The lowest BCUT2D eigenvalue weighted by atomic mass is 10.2. The van der Waals surface area contributed by atoms with Crippen molar-refractivity contribution in [3.05, 3.63) is 23.7 Å². The number of rotatable bonds is 6. The van der Waals surface area contributed by atoms with E-state index in [4.69, 9.17) is 14.9 Å². The molecule has 5 nitrogen and oxygen atoms in total. The fourth-order valence-corrected chi connectivity index (χ4v) is 1.35. The molecule has 5 heteroatoms. The van der Waals surface area contributed by atoms with Gasteiger partial charge < -0.3 is 20.2 Å². The number of nitrogens with two attached hydrogens (primary N) is 1. The minimum atomic E-state index is -0.202. The van der Waals surface area contributed by atoms with Gasteiger partial charge in [0.2, 0.25) is 0 Å². The van der Waals surface area contributed by atoms with Crippen molar-refractivity contribution in [3.8, 4) is 0 Å². The van der Waals surface area contributed by atoms with Gasteiger partial charge in [0.1, 0.15) is 0 Å². The predicted molar refractivity (Wildman–Crippen MR) is 60.2 cm³/mol. The molecular weight excluding hydrogens is 208 g/mol. The number of amides is 1. The number of methoxy groups -OCH3 is 1. The number of nitrogens with one attached hydrogen (secondary N) is 1. The van der Waals surface area contributed by atoms with Crippen LogP contribution in [0.25, 0.3) is 0 Å². The summed E-state index contributed by atoms with van der Waals surface area (Å²) in [5.41, 5.74) is 6.55. The number of hydrogen-bond acceptors (Lipinski definition) is 4. The molecule has 0 radical (unpaired) electrons. The van der Waals surface area contributed by atoms with Crippen LogP contribution in [0.1, 0.15) is 22.5 Å². The molecule has 0 aliphatic heterocycles. The first-order valence-corrected chi connectivity index (χ1v) is 5.22. The number of aryl methyl sites for hydroxylation is 1. The minimum absolute atomic E-state index is 0.0528. The summed E-state index contributed by atoms with van der Waals surface area (Å²) in [5.74, 6) is 0.160. The summed E-state index contributed by atoms with van der Waals surface area (Å²) in [6.07, 6.45) is 2.18. The molecule has 1 amide bonds. The first-order valence-electron chi connectivity index (χ1n) is 5.22. The smallest absolute Gasteiger partial charge is 0.287 e. The lowest BCUT2D eigenvalue weighted by Crippen LogP contribution is -2.32. The van der Waals surface area contributed by atoms with Gasteiger partial charge in [-0.15, -0.1) is 0 Å². The third-order valence-corrected chi connectivity index (χ3v) is 2.25. The van der Waals surface area contributed by atoms with Gasteiger partial charge in [-0.3, -0.25) is 4.79 Å². The Kier molecular flexibility index (Phi) is 5.01. The van der Waals surface area contributed by atoms with Crippen LogP contribution in [0.5, 0.6) is 0 Å². The summed E-state index contributed by atoms with van der Waals surface area (Å²) >= 11 is 0. The van der Waals surface area contributed by atoms with Crippen molar-refractivity contribution in [2.75, 3.05) is 20.3 Å². The van der Waals surface area contributed by atoms with E-state index in [1.165, 1.54) is 6.26 Å². The van der Waals surface area contributed by atoms with Gasteiger partial charge in [0.25, 0.3) is 5.91 Å². The molecule has 1 aromatic rings. The summed E-state index contributed by atoms with van der Waals surface area (Å²) in [6.45, 7) is 2.84. The zero-order chi connectivity index (χ0) is 12.0. The van der Waals surface area contributed by atoms with Gasteiger partial charge in [0.05, 0.1) is 12.9 Å². The highest BCUT2D eigenvalue weighted by Crippen LogP contribution is 2.07. The molecule has 0 aliphatic carbocycles. The van der Waals surface area contributed by atoms with Crippen LogP contribution in [0, 0.1) is 6.92 Å². The van der Waals surface area contributed by atoms with E-state index in [1.807, 2.05) is 6.92 Å². The molecule has 0 aromatic carbocycles. The van der Waals surface area contributed by atoms with Crippen molar-refractivity contribution in [2.45, 2.75) is 19.4 Å².